The van der Waals surface area contributed by atoms with Gasteiger partial charge in [-0.05, 0) is 29.2 Å². The van der Waals surface area contributed by atoms with Gasteiger partial charge >= 0.3 is 0 Å². The Morgan fingerprint density at radius 1 is 0.950 bits per heavy atom. The largest absolute Gasteiger partial charge is 0.353 e. The lowest BCUT2D eigenvalue weighted by Crippen LogP contribution is -2.10. The average molecular weight is 279 g/mol. The molecule has 0 aliphatic heterocycles. The Bertz CT molecular complexity index is 934. The monoisotopic (exact) mass is 279 g/mol. The van der Waals surface area contributed by atoms with Crippen LogP contribution in [0.3, 0.4) is 0 Å². The molecule has 0 unspecified atom stereocenters. The zero-order valence-corrected chi connectivity index (χ0v) is 12.8. The second-order valence-corrected chi connectivity index (χ2v) is 7.49. The number of nitrogens with one attached hydrogen (secondary N) is 1. The van der Waals surface area contributed by atoms with Gasteiger partial charge in [-0.25, -0.2) is 0 Å². The molecular weight excluding hydrogens is 262 g/mol. The number of fused-ring (bicyclic) bond motifs is 5. The Morgan fingerprint density at radius 2 is 1.75 bits per heavy atom. The Labute approximate surface area is 122 Å². The minimum Gasteiger partial charge on any atom is -0.353 e. The summed E-state index contributed by atoms with van der Waals surface area (Å²) in [4.78, 5) is 3.59. The molecule has 0 atom stereocenters. The predicted octanol–water partition coefficient (Wildman–Crippen LogP) is 5.83. The molecule has 2 aromatic heterocycles. The Morgan fingerprint density at radius 3 is 2.55 bits per heavy atom. The second-order valence-electron chi connectivity index (χ2n) is 6.44. The maximum Gasteiger partial charge on any atom is 0.0654 e. The van der Waals surface area contributed by atoms with Gasteiger partial charge in [-0.15, -0.1) is 11.3 Å². The van der Waals surface area contributed by atoms with Crippen molar-refractivity contribution in [3.05, 3.63) is 48.0 Å². The van der Waals surface area contributed by atoms with Crippen molar-refractivity contribution in [2.45, 2.75) is 26.2 Å². The summed E-state index contributed by atoms with van der Waals surface area (Å²) in [5.74, 6) is 0. The van der Waals surface area contributed by atoms with E-state index in [1.165, 1.54) is 36.8 Å². The number of aromatic nitrogens is 1. The molecule has 0 amide bonds. The van der Waals surface area contributed by atoms with E-state index in [9.17, 15) is 0 Å². The van der Waals surface area contributed by atoms with Gasteiger partial charge in [-0.3, -0.25) is 0 Å². The summed E-state index contributed by atoms with van der Waals surface area (Å²) >= 11 is 1.89. The number of hydrogen-bond donors (Lipinski definition) is 1. The molecule has 20 heavy (non-hydrogen) atoms. The van der Waals surface area contributed by atoms with Gasteiger partial charge in [0.2, 0.25) is 0 Å². The van der Waals surface area contributed by atoms with Crippen molar-refractivity contribution in [3.8, 4) is 0 Å². The fourth-order valence-electron chi connectivity index (χ4n) is 2.80. The van der Waals surface area contributed by atoms with Gasteiger partial charge in [-0.2, -0.15) is 0 Å². The molecule has 100 valence electrons. The van der Waals surface area contributed by atoms with Gasteiger partial charge < -0.3 is 4.98 Å². The second kappa shape index (κ2) is 3.86. The van der Waals surface area contributed by atoms with Crippen molar-refractivity contribution in [2.75, 3.05) is 0 Å². The first-order valence-corrected chi connectivity index (χ1v) is 7.79. The molecule has 0 bridgehead atoms. The summed E-state index contributed by atoms with van der Waals surface area (Å²) in [5.41, 5.74) is 4.11. The van der Waals surface area contributed by atoms with Crippen LogP contribution in [0.15, 0.2) is 42.5 Å². The lowest BCUT2D eigenvalue weighted by atomic mass is 9.86. The van der Waals surface area contributed by atoms with Crippen LogP contribution < -0.4 is 0 Å². The van der Waals surface area contributed by atoms with E-state index in [1.54, 1.807) is 0 Å². The molecule has 2 heteroatoms. The maximum atomic E-state index is 3.59. The summed E-state index contributed by atoms with van der Waals surface area (Å²) < 4.78 is 2.74. The summed E-state index contributed by atoms with van der Waals surface area (Å²) in [6.45, 7) is 6.80. The maximum absolute atomic E-state index is 3.59. The average Bonchev–Trinajstić information content (AvgIpc) is 2.93. The highest BCUT2D eigenvalue weighted by atomic mass is 32.1. The molecule has 0 radical (unpaired) electrons. The third-order valence-corrected chi connectivity index (χ3v) is 5.19. The molecule has 1 nitrogen and oxygen atoms in total. The molecule has 2 aromatic carbocycles. The Balaban J connectivity index is 2.13. The minimum absolute atomic E-state index is 0.189. The van der Waals surface area contributed by atoms with Crippen LogP contribution in [0.25, 0.3) is 31.2 Å². The van der Waals surface area contributed by atoms with E-state index in [2.05, 4.69) is 68.2 Å². The highest BCUT2D eigenvalue weighted by Gasteiger charge is 2.16. The van der Waals surface area contributed by atoms with Crippen LogP contribution in [-0.4, -0.2) is 4.98 Å². The van der Waals surface area contributed by atoms with Crippen LogP contribution in [0, 0.1) is 0 Å². The standard InChI is InChI=1S/C18H17NS/c1-18(2,3)11-8-9-14-13(10-11)17-16(19-14)12-6-4-5-7-15(12)20-17/h4-10,19H,1-3H3. The Kier molecular flexibility index (Phi) is 2.31. The number of H-pyrrole nitrogens is 1. The van der Waals surface area contributed by atoms with Gasteiger partial charge in [-0.1, -0.05) is 45.0 Å². The molecule has 4 aromatic rings. The Hall–Kier alpha value is -1.80. The van der Waals surface area contributed by atoms with E-state index in [0.717, 1.165) is 0 Å². The molecule has 4 rings (SSSR count). The van der Waals surface area contributed by atoms with E-state index < -0.39 is 0 Å². The van der Waals surface area contributed by atoms with Crippen molar-refractivity contribution in [2.24, 2.45) is 0 Å². The van der Waals surface area contributed by atoms with E-state index in [0.29, 0.717) is 0 Å². The molecule has 0 saturated carbocycles. The van der Waals surface area contributed by atoms with Crippen LogP contribution in [0.5, 0.6) is 0 Å². The molecule has 0 saturated heterocycles. The lowest BCUT2D eigenvalue weighted by molar-refractivity contribution is 0.591. The van der Waals surface area contributed by atoms with E-state index in [4.69, 9.17) is 0 Å². The van der Waals surface area contributed by atoms with Gasteiger partial charge in [0.1, 0.15) is 0 Å². The van der Waals surface area contributed by atoms with Gasteiger partial charge in [0, 0.05) is 21.0 Å². The molecule has 0 aliphatic rings. The molecule has 0 aliphatic carbocycles. The van der Waals surface area contributed by atoms with Crippen molar-refractivity contribution in [1.29, 1.82) is 0 Å². The number of aromatic amines is 1. The minimum atomic E-state index is 0.189. The summed E-state index contributed by atoms with van der Waals surface area (Å²) in [7, 11) is 0. The third kappa shape index (κ3) is 1.61. The SMILES string of the molecule is CC(C)(C)c1ccc2[nH]c3c4ccccc4sc3c2c1. The molecule has 0 fully saturated rings. The normalized spacial score (nSPS) is 12.8. The van der Waals surface area contributed by atoms with Crippen molar-refractivity contribution >= 4 is 42.5 Å². The predicted molar refractivity (Wildman–Crippen MR) is 89.9 cm³/mol. The van der Waals surface area contributed by atoms with Gasteiger partial charge in [0.05, 0.1) is 10.2 Å². The first-order chi connectivity index (χ1) is 9.54. The topological polar surface area (TPSA) is 15.8 Å². The van der Waals surface area contributed by atoms with Crippen LogP contribution in [0.4, 0.5) is 0 Å². The van der Waals surface area contributed by atoms with Crippen molar-refractivity contribution < 1.29 is 0 Å². The van der Waals surface area contributed by atoms with Crippen LogP contribution in [0.2, 0.25) is 0 Å². The fourth-order valence-corrected chi connectivity index (χ4v) is 3.99. The number of benzene rings is 2. The quantitative estimate of drug-likeness (QED) is 0.416. The summed E-state index contributed by atoms with van der Waals surface area (Å²) in [6.07, 6.45) is 0. The first kappa shape index (κ1) is 12.0. The highest BCUT2D eigenvalue weighted by Crippen LogP contribution is 2.39. The lowest BCUT2D eigenvalue weighted by Gasteiger charge is -2.18. The van der Waals surface area contributed by atoms with Gasteiger partial charge in [0.25, 0.3) is 0 Å². The van der Waals surface area contributed by atoms with Crippen molar-refractivity contribution in [1.82, 2.24) is 4.98 Å². The third-order valence-electron chi connectivity index (χ3n) is 3.99. The number of thiophene rings is 1. The van der Waals surface area contributed by atoms with Crippen LogP contribution in [-0.2, 0) is 5.41 Å². The summed E-state index contributed by atoms with van der Waals surface area (Å²) in [5, 5.41) is 2.69. The number of hydrogen-bond acceptors (Lipinski definition) is 1. The number of rotatable bonds is 0. The zero-order chi connectivity index (χ0) is 13.9. The molecule has 2 heterocycles. The van der Waals surface area contributed by atoms with E-state index >= 15 is 0 Å². The molecular formula is C18H17NS. The van der Waals surface area contributed by atoms with Crippen LogP contribution >= 0.6 is 11.3 Å². The van der Waals surface area contributed by atoms with Crippen LogP contribution in [0.1, 0.15) is 26.3 Å². The van der Waals surface area contributed by atoms with E-state index in [1.807, 2.05) is 11.3 Å². The molecule has 1 N–H and O–H groups in total. The summed E-state index contributed by atoms with van der Waals surface area (Å²) in [6, 6.07) is 15.4. The van der Waals surface area contributed by atoms with Gasteiger partial charge in [0.15, 0.2) is 0 Å². The first-order valence-electron chi connectivity index (χ1n) is 6.97. The van der Waals surface area contributed by atoms with E-state index in [-0.39, 0.29) is 5.41 Å². The zero-order valence-electron chi connectivity index (χ0n) is 11.9. The highest BCUT2D eigenvalue weighted by molar-refractivity contribution is 7.26. The fraction of sp³-hybridized carbons (Fsp3) is 0.222. The molecule has 0 spiro atoms. The van der Waals surface area contributed by atoms with Crippen molar-refractivity contribution in [3.63, 3.8) is 0 Å². The smallest absolute Gasteiger partial charge is 0.0654 e.